The van der Waals surface area contributed by atoms with Crippen LogP contribution >= 0.6 is 11.6 Å². The van der Waals surface area contributed by atoms with Gasteiger partial charge in [0.15, 0.2) is 0 Å². The van der Waals surface area contributed by atoms with Crippen LogP contribution in [0.4, 0.5) is 4.39 Å². The van der Waals surface area contributed by atoms with E-state index in [1.165, 1.54) is 12.1 Å². The van der Waals surface area contributed by atoms with E-state index < -0.39 is 0 Å². The highest BCUT2D eigenvalue weighted by atomic mass is 35.5. The minimum atomic E-state index is -0.321. The van der Waals surface area contributed by atoms with Gasteiger partial charge in [-0.3, -0.25) is 9.69 Å². The van der Waals surface area contributed by atoms with E-state index >= 15 is 0 Å². The molecule has 1 aliphatic heterocycles. The molecule has 0 bridgehead atoms. The van der Waals surface area contributed by atoms with Crippen LogP contribution in [0.2, 0.25) is 5.02 Å². The molecule has 2 aromatic rings. The molecule has 3 rings (SSSR count). The van der Waals surface area contributed by atoms with Gasteiger partial charge in [0, 0.05) is 43.4 Å². The molecule has 1 aromatic heterocycles. The lowest BCUT2D eigenvalue weighted by Gasteiger charge is -2.22. The Morgan fingerprint density at radius 3 is 2.83 bits per heavy atom. The number of benzene rings is 1. The normalized spacial score (nSPS) is 16.2. The molecule has 1 aliphatic rings. The maximum absolute atomic E-state index is 13.5. The SMILES string of the molecule is Cc1[nH]cnc1C(=O)N1CCCN(Cc2cc(F)cc(Cl)c2)CC1. The molecular formula is C17H20ClFN4O. The Labute approximate surface area is 145 Å². The Hall–Kier alpha value is -1.92. The smallest absolute Gasteiger partial charge is 0.274 e. The van der Waals surface area contributed by atoms with Crippen LogP contribution in [0.25, 0.3) is 0 Å². The van der Waals surface area contributed by atoms with Gasteiger partial charge in [-0.1, -0.05) is 11.6 Å². The Bertz CT molecular complexity index is 713. The number of amides is 1. The molecule has 0 spiro atoms. The van der Waals surface area contributed by atoms with Crippen LogP contribution < -0.4 is 0 Å². The van der Waals surface area contributed by atoms with Crippen LogP contribution in [0.1, 0.15) is 28.2 Å². The van der Waals surface area contributed by atoms with Gasteiger partial charge >= 0.3 is 0 Å². The van der Waals surface area contributed by atoms with Crippen molar-refractivity contribution >= 4 is 17.5 Å². The lowest BCUT2D eigenvalue weighted by molar-refractivity contribution is 0.0755. The second kappa shape index (κ2) is 7.32. The van der Waals surface area contributed by atoms with Crippen LogP contribution in [0.15, 0.2) is 24.5 Å². The third-order valence-electron chi connectivity index (χ3n) is 4.24. The zero-order chi connectivity index (χ0) is 17.1. The van der Waals surface area contributed by atoms with E-state index in [1.54, 1.807) is 12.4 Å². The summed E-state index contributed by atoms with van der Waals surface area (Å²) >= 11 is 5.92. The van der Waals surface area contributed by atoms with E-state index in [4.69, 9.17) is 11.6 Å². The number of rotatable bonds is 3. The molecule has 1 aromatic carbocycles. The fraction of sp³-hybridized carbons (Fsp3) is 0.412. The molecule has 1 amide bonds. The second-order valence-corrected chi connectivity index (χ2v) is 6.51. The monoisotopic (exact) mass is 350 g/mol. The van der Waals surface area contributed by atoms with Crippen molar-refractivity contribution in [2.24, 2.45) is 0 Å². The van der Waals surface area contributed by atoms with E-state index in [9.17, 15) is 9.18 Å². The van der Waals surface area contributed by atoms with Crippen LogP contribution in [0, 0.1) is 12.7 Å². The number of hydrogen-bond donors (Lipinski definition) is 1. The van der Waals surface area contributed by atoms with E-state index in [-0.39, 0.29) is 11.7 Å². The van der Waals surface area contributed by atoms with Gasteiger partial charge in [-0.25, -0.2) is 9.37 Å². The highest BCUT2D eigenvalue weighted by Crippen LogP contribution is 2.17. The van der Waals surface area contributed by atoms with Crippen LogP contribution in [-0.2, 0) is 6.54 Å². The summed E-state index contributed by atoms with van der Waals surface area (Å²) in [5.41, 5.74) is 2.12. The summed E-state index contributed by atoms with van der Waals surface area (Å²) in [6, 6.07) is 4.60. The zero-order valence-electron chi connectivity index (χ0n) is 13.6. The fourth-order valence-electron chi connectivity index (χ4n) is 3.02. The zero-order valence-corrected chi connectivity index (χ0v) is 14.3. The van der Waals surface area contributed by atoms with Gasteiger partial charge in [0.1, 0.15) is 11.5 Å². The van der Waals surface area contributed by atoms with Gasteiger partial charge in [0.25, 0.3) is 5.91 Å². The molecule has 1 saturated heterocycles. The number of H-pyrrole nitrogens is 1. The topological polar surface area (TPSA) is 52.2 Å². The van der Waals surface area contributed by atoms with Crippen LogP contribution in [-0.4, -0.2) is 51.9 Å². The number of aromatic nitrogens is 2. The molecule has 0 aliphatic carbocycles. The van der Waals surface area contributed by atoms with Crippen molar-refractivity contribution in [3.05, 3.63) is 52.3 Å². The molecule has 0 atom stereocenters. The molecule has 1 N–H and O–H groups in total. The first-order valence-electron chi connectivity index (χ1n) is 7.99. The molecule has 2 heterocycles. The summed E-state index contributed by atoms with van der Waals surface area (Å²) in [7, 11) is 0. The molecule has 1 fully saturated rings. The molecule has 7 heteroatoms. The Balaban J connectivity index is 1.63. The van der Waals surface area contributed by atoms with Crippen molar-refractivity contribution in [3.8, 4) is 0 Å². The van der Waals surface area contributed by atoms with Crippen molar-refractivity contribution in [3.63, 3.8) is 0 Å². The van der Waals surface area contributed by atoms with Gasteiger partial charge in [0.05, 0.1) is 6.33 Å². The number of carbonyl (C=O) groups is 1. The van der Waals surface area contributed by atoms with Crippen LogP contribution in [0.5, 0.6) is 0 Å². The van der Waals surface area contributed by atoms with E-state index in [2.05, 4.69) is 14.9 Å². The van der Waals surface area contributed by atoms with Gasteiger partial charge in [-0.2, -0.15) is 0 Å². The number of carbonyl (C=O) groups excluding carboxylic acids is 1. The number of nitrogens with one attached hydrogen (secondary N) is 1. The number of hydrogen-bond acceptors (Lipinski definition) is 3. The molecule has 24 heavy (non-hydrogen) atoms. The molecule has 0 saturated carbocycles. The number of imidazole rings is 1. The lowest BCUT2D eigenvalue weighted by atomic mass is 10.2. The first-order valence-corrected chi connectivity index (χ1v) is 8.37. The molecular weight excluding hydrogens is 331 g/mol. The summed E-state index contributed by atoms with van der Waals surface area (Å²) in [6.45, 7) is 5.40. The lowest BCUT2D eigenvalue weighted by Crippen LogP contribution is -2.35. The summed E-state index contributed by atoms with van der Waals surface area (Å²) < 4.78 is 13.5. The number of aromatic amines is 1. The fourth-order valence-corrected chi connectivity index (χ4v) is 3.26. The third-order valence-corrected chi connectivity index (χ3v) is 4.45. The van der Waals surface area contributed by atoms with Crippen molar-refractivity contribution in [1.82, 2.24) is 19.8 Å². The average Bonchev–Trinajstić information content (AvgIpc) is 2.80. The quantitative estimate of drug-likeness (QED) is 0.926. The van der Waals surface area contributed by atoms with Gasteiger partial charge < -0.3 is 9.88 Å². The Morgan fingerprint density at radius 1 is 1.29 bits per heavy atom. The number of aryl methyl sites for hydroxylation is 1. The summed E-state index contributed by atoms with van der Waals surface area (Å²) in [5.74, 6) is -0.359. The highest BCUT2D eigenvalue weighted by Gasteiger charge is 2.23. The minimum absolute atomic E-state index is 0.0376. The van der Waals surface area contributed by atoms with Crippen molar-refractivity contribution in [2.75, 3.05) is 26.2 Å². The third kappa shape index (κ3) is 3.94. The highest BCUT2D eigenvalue weighted by molar-refractivity contribution is 6.30. The van der Waals surface area contributed by atoms with Gasteiger partial charge in [0.2, 0.25) is 0 Å². The summed E-state index contributed by atoms with van der Waals surface area (Å²) in [4.78, 5) is 23.6. The summed E-state index contributed by atoms with van der Waals surface area (Å²) in [5, 5.41) is 0.408. The maximum atomic E-state index is 13.5. The predicted octanol–water partition coefficient (Wildman–Crippen LogP) is 2.86. The van der Waals surface area contributed by atoms with E-state index in [0.717, 1.165) is 30.8 Å². The number of halogens is 2. The predicted molar refractivity (Wildman–Crippen MR) is 90.5 cm³/mol. The largest absolute Gasteiger partial charge is 0.348 e. The van der Waals surface area contributed by atoms with Gasteiger partial charge in [-0.05, 0) is 37.1 Å². The van der Waals surface area contributed by atoms with E-state index in [1.807, 2.05) is 11.8 Å². The molecule has 0 radical (unpaired) electrons. The van der Waals surface area contributed by atoms with E-state index in [0.29, 0.717) is 30.4 Å². The first-order chi connectivity index (χ1) is 11.5. The molecule has 0 unspecified atom stereocenters. The second-order valence-electron chi connectivity index (χ2n) is 6.08. The number of nitrogens with zero attached hydrogens (tertiary/aromatic N) is 3. The Morgan fingerprint density at radius 2 is 2.12 bits per heavy atom. The average molecular weight is 351 g/mol. The van der Waals surface area contributed by atoms with Crippen molar-refractivity contribution in [1.29, 1.82) is 0 Å². The summed E-state index contributed by atoms with van der Waals surface area (Å²) in [6.07, 6.45) is 2.42. The maximum Gasteiger partial charge on any atom is 0.274 e. The van der Waals surface area contributed by atoms with Crippen molar-refractivity contribution in [2.45, 2.75) is 19.9 Å². The van der Waals surface area contributed by atoms with Crippen molar-refractivity contribution < 1.29 is 9.18 Å². The molecule has 5 nitrogen and oxygen atoms in total. The first kappa shape index (κ1) is 16.9. The van der Waals surface area contributed by atoms with Gasteiger partial charge in [-0.15, -0.1) is 0 Å². The Kier molecular flexibility index (Phi) is 5.16. The van der Waals surface area contributed by atoms with Crippen LogP contribution in [0.3, 0.4) is 0 Å². The standard InChI is InChI=1S/C17H20ClFN4O/c1-12-16(21-11-20-12)17(24)23-4-2-3-22(5-6-23)10-13-7-14(18)9-15(19)8-13/h7-9,11H,2-6,10H2,1H3,(H,20,21). The minimum Gasteiger partial charge on any atom is -0.348 e. The molecule has 128 valence electrons.